The van der Waals surface area contributed by atoms with E-state index in [0.29, 0.717) is 13.0 Å². The number of hydrogen-bond donors (Lipinski definition) is 3. The minimum atomic E-state index is -0.953. The molecular weight excluding hydrogens is 220 g/mol. The molecule has 5 heteroatoms. The van der Waals surface area contributed by atoms with Crippen molar-refractivity contribution < 1.29 is 14.7 Å². The molecule has 1 fully saturated rings. The highest BCUT2D eigenvalue weighted by Gasteiger charge is 2.32. The van der Waals surface area contributed by atoms with Gasteiger partial charge in [-0.15, -0.1) is 0 Å². The van der Waals surface area contributed by atoms with Gasteiger partial charge >= 0.3 is 5.97 Å². The average molecular weight is 242 g/mol. The molecular formula is C12H22N2O3. The Hall–Kier alpha value is -1.10. The van der Waals surface area contributed by atoms with Crippen LogP contribution in [0.3, 0.4) is 0 Å². The van der Waals surface area contributed by atoms with Gasteiger partial charge in [0.05, 0.1) is 5.92 Å². The molecule has 1 heterocycles. The monoisotopic (exact) mass is 242 g/mol. The molecule has 1 saturated heterocycles. The number of carbonyl (C=O) groups excluding carboxylic acids is 1. The third-order valence-electron chi connectivity index (χ3n) is 3.18. The van der Waals surface area contributed by atoms with Crippen molar-refractivity contribution in [3.05, 3.63) is 0 Å². The largest absolute Gasteiger partial charge is 0.480 e. The van der Waals surface area contributed by atoms with E-state index in [0.717, 1.165) is 6.54 Å². The molecule has 98 valence electrons. The van der Waals surface area contributed by atoms with Crippen LogP contribution in [0.4, 0.5) is 0 Å². The van der Waals surface area contributed by atoms with Crippen LogP contribution >= 0.6 is 0 Å². The number of carboxylic acid groups (broad SMARTS) is 1. The van der Waals surface area contributed by atoms with Gasteiger partial charge in [0.25, 0.3) is 0 Å². The van der Waals surface area contributed by atoms with Gasteiger partial charge in [0.2, 0.25) is 5.91 Å². The van der Waals surface area contributed by atoms with E-state index in [1.165, 1.54) is 0 Å². The lowest BCUT2D eigenvalue weighted by molar-refractivity contribution is -0.143. The van der Waals surface area contributed by atoms with Crippen LogP contribution < -0.4 is 10.6 Å². The highest BCUT2D eigenvalue weighted by atomic mass is 16.4. The van der Waals surface area contributed by atoms with E-state index in [1.807, 2.05) is 20.8 Å². The quantitative estimate of drug-likeness (QED) is 0.654. The molecule has 0 radical (unpaired) electrons. The van der Waals surface area contributed by atoms with Crippen LogP contribution in [-0.2, 0) is 9.59 Å². The number of aliphatic carboxylic acids is 1. The first kappa shape index (κ1) is 14.0. The van der Waals surface area contributed by atoms with Crippen LogP contribution in [0.2, 0.25) is 0 Å². The zero-order valence-corrected chi connectivity index (χ0v) is 10.7. The van der Waals surface area contributed by atoms with Crippen LogP contribution in [0.25, 0.3) is 0 Å². The van der Waals surface area contributed by atoms with E-state index >= 15 is 0 Å². The van der Waals surface area contributed by atoms with E-state index < -0.39 is 12.0 Å². The van der Waals surface area contributed by atoms with Crippen molar-refractivity contribution in [2.75, 3.05) is 13.1 Å². The van der Waals surface area contributed by atoms with E-state index in [-0.39, 0.29) is 23.7 Å². The first-order valence-corrected chi connectivity index (χ1v) is 6.15. The molecule has 0 spiro atoms. The summed E-state index contributed by atoms with van der Waals surface area (Å²) in [6.07, 6.45) is 0.468. The first-order valence-electron chi connectivity index (χ1n) is 6.15. The molecule has 5 nitrogen and oxygen atoms in total. The lowest BCUT2D eigenvalue weighted by Crippen LogP contribution is -2.45. The average Bonchev–Trinajstić information content (AvgIpc) is 2.62. The Labute approximate surface area is 102 Å². The molecule has 3 N–H and O–H groups in total. The Bertz CT molecular complexity index is 291. The molecule has 0 unspecified atom stereocenters. The highest BCUT2D eigenvalue weighted by Crippen LogP contribution is 2.16. The highest BCUT2D eigenvalue weighted by molar-refractivity contribution is 5.85. The summed E-state index contributed by atoms with van der Waals surface area (Å²) in [5.41, 5.74) is 0. The first-order chi connectivity index (χ1) is 7.91. The van der Waals surface area contributed by atoms with Crippen LogP contribution in [0.5, 0.6) is 0 Å². The summed E-state index contributed by atoms with van der Waals surface area (Å²) in [5, 5.41) is 14.8. The van der Waals surface area contributed by atoms with Gasteiger partial charge in [-0.1, -0.05) is 20.8 Å². The third kappa shape index (κ3) is 4.00. The predicted molar refractivity (Wildman–Crippen MR) is 64.5 cm³/mol. The smallest absolute Gasteiger partial charge is 0.326 e. The van der Waals surface area contributed by atoms with Gasteiger partial charge in [-0.3, -0.25) is 4.79 Å². The summed E-state index contributed by atoms with van der Waals surface area (Å²) in [4.78, 5) is 23.0. The second kappa shape index (κ2) is 6.00. The minimum absolute atomic E-state index is 0.107. The number of carbonyl (C=O) groups is 2. The summed E-state index contributed by atoms with van der Waals surface area (Å²) in [6.45, 7) is 7.35. The number of amides is 1. The molecule has 0 aromatic carbocycles. The molecule has 1 rings (SSSR count). The summed E-state index contributed by atoms with van der Waals surface area (Å²) in [7, 11) is 0. The Morgan fingerprint density at radius 1 is 1.41 bits per heavy atom. The van der Waals surface area contributed by atoms with Crippen molar-refractivity contribution in [1.82, 2.24) is 10.6 Å². The van der Waals surface area contributed by atoms with Gasteiger partial charge in [0.15, 0.2) is 0 Å². The van der Waals surface area contributed by atoms with Crippen LogP contribution in [0.15, 0.2) is 0 Å². The summed E-state index contributed by atoms with van der Waals surface area (Å²) >= 11 is 0. The molecule has 0 aromatic heterocycles. The predicted octanol–water partition coefficient (Wildman–Crippen LogP) is 0.457. The van der Waals surface area contributed by atoms with E-state index in [9.17, 15) is 9.59 Å². The second-order valence-corrected chi connectivity index (χ2v) is 5.27. The maximum absolute atomic E-state index is 11.9. The van der Waals surface area contributed by atoms with Crippen LogP contribution in [-0.4, -0.2) is 36.1 Å². The summed E-state index contributed by atoms with van der Waals surface area (Å²) in [6, 6.07) is -0.768. The lowest BCUT2D eigenvalue weighted by atomic mass is 9.96. The normalized spacial score (nSPS) is 25.9. The maximum Gasteiger partial charge on any atom is 0.326 e. The number of carboxylic acids is 1. The molecule has 0 bridgehead atoms. The molecule has 0 aliphatic carbocycles. The molecule has 3 atom stereocenters. The third-order valence-corrected chi connectivity index (χ3v) is 3.18. The Balaban J connectivity index is 2.54. The second-order valence-electron chi connectivity index (χ2n) is 5.27. The van der Waals surface area contributed by atoms with Crippen molar-refractivity contribution in [1.29, 1.82) is 0 Å². The summed E-state index contributed by atoms with van der Waals surface area (Å²) < 4.78 is 0. The molecule has 0 aromatic rings. The lowest BCUT2D eigenvalue weighted by Gasteiger charge is -2.20. The zero-order valence-electron chi connectivity index (χ0n) is 10.7. The molecule has 1 aliphatic rings. The van der Waals surface area contributed by atoms with E-state index in [2.05, 4.69) is 10.6 Å². The topological polar surface area (TPSA) is 78.4 Å². The summed E-state index contributed by atoms with van der Waals surface area (Å²) in [5.74, 6) is -0.691. The standard InChI is InChI=1S/C12H22N2O3/c1-7(2)4-10(12(16)17)14-11(15)9-6-13-5-8(9)3/h7-10,13H,4-6H2,1-3H3,(H,14,15)(H,16,17)/t8-,9-,10-/m1/s1. The number of rotatable bonds is 5. The molecule has 1 aliphatic heterocycles. The van der Waals surface area contributed by atoms with Gasteiger partial charge in [-0.2, -0.15) is 0 Å². The Morgan fingerprint density at radius 3 is 2.47 bits per heavy atom. The Morgan fingerprint density at radius 2 is 2.06 bits per heavy atom. The van der Waals surface area contributed by atoms with Gasteiger partial charge in [-0.25, -0.2) is 4.79 Å². The van der Waals surface area contributed by atoms with Gasteiger partial charge in [0, 0.05) is 6.54 Å². The molecule has 0 saturated carbocycles. The van der Waals surface area contributed by atoms with Crippen molar-refractivity contribution >= 4 is 11.9 Å². The van der Waals surface area contributed by atoms with Gasteiger partial charge in [0.1, 0.15) is 6.04 Å². The van der Waals surface area contributed by atoms with E-state index in [1.54, 1.807) is 0 Å². The van der Waals surface area contributed by atoms with Crippen molar-refractivity contribution in [2.45, 2.75) is 33.2 Å². The fourth-order valence-electron chi connectivity index (χ4n) is 2.13. The van der Waals surface area contributed by atoms with Crippen LogP contribution in [0.1, 0.15) is 27.2 Å². The van der Waals surface area contributed by atoms with Crippen molar-refractivity contribution in [3.63, 3.8) is 0 Å². The van der Waals surface area contributed by atoms with Gasteiger partial charge in [-0.05, 0) is 24.8 Å². The van der Waals surface area contributed by atoms with Crippen molar-refractivity contribution in [2.24, 2.45) is 17.8 Å². The molecule has 1 amide bonds. The Kier molecular flexibility index (Phi) is 4.93. The fourth-order valence-corrected chi connectivity index (χ4v) is 2.13. The minimum Gasteiger partial charge on any atom is -0.480 e. The fraction of sp³-hybridized carbons (Fsp3) is 0.833. The maximum atomic E-state index is 11.9. The molecule has 17 heavy (non-hydrogen) atoms. The zero-order chi connectivity index (χ0) is 13.0. The number of nitrogens with one attached hydrogen (secondary N) is 2. The SMILES string of the molecule is CC(C)C[C@@H](NC(=O)[C@@H]1CNC[C@H]1C)C(=O)O. The number of hydrogen-bond acceptors (Lipinski definition) is 3. The van der Waals surface area contributed by atoms with Gasteiger partial charge < -0.3 is 15.7 Å². The van der Waals surface area contributed by atoms with Crippen LogP contribution in [0, 0.1) is 17.8 Å². The van der Waals surface area contributed by atoms with Crippen molar-refractivity contribution in [3.8, 4) is 0 Å². The van der Waals surface area contributed by atoms with E-state index in [4.69, 9.17) is 5.11 Å².